The van der Waals surface area contributed by atoms with E-state index in [2.05, 4.69) is 41.5 Å². The molecule has 0 amide bonds. The number of hydrogen-bond donors (Lipinski definition) is 1. The number of aliphatic hydroxyl groups excluding tert-OH is 1. The Kier molecular flexibility index (Phi) is 3.55. The fourth-order valence-electron chi connectivity index (χ4n) is 2.87. The number of hydrogen-bond acceptors (Lipinski definition) is 1. The molecule has 0 spiro atoms. The fourth-order valence-corrected chi connectivity index (χ4v) is 2.87. The molecule has 0 heterocycles. The van der Waals surface area contributed by atoms with E-state index in [4.69, 9.17) is 0 Å². The summed E-state index contributed by atoms with van der Waals surface area (Å²) in [4.78, 5) is 0. The lowest BCUT2D eigenvalue weighted by atomic mass is 9.62. The van der Waals surface area contributed by atoms with Crippen LogP contribution in [0.25, 0.3) is 0 Å². The molecule has 0 aromatic carbocycles. The lowest BCUT2D eigenvalue weighted by molar-refractivity contribution is -0.0288. The molecule has 1 heteroatoms. The zero-order valence-electron chi connectivity index (χ0n) is 11.3. The van der Waals surface area contributed by atoms with Gasteiger partial charge in [-0.25, -0.2) is 0 Å². The van der Waals surface area contributed by atoms with E-state index in [9.17, 15) is 5.11 Å². The Bertz CT molecular complexity index is 206. The van der Waals surface area contributed by atoms with E-state index in [-0.39, 0.29) is 11.5 Å². The first kappa shape index (κ1) is 13.0. The first-order valence-corrected chi connectivity index (χ1v) is 6.30. The van der Waals surface area contributed by atoms with Crippen molar-refractivity contribution in [2.45, 2.75) is 66.9 Å². The van der Waals surface area contributed by atoms with Gasteiger partial charge in [0.15, 0.2) is 0 Å². The molecule has 1 nitrogen and oxygen atoms in total. The van der Waals surface area contributed by atoms with Crippen molar-refractivity contribution < 1.29 is 5.11 Å². The number of aliphatic hydroxyl groups is 1. The first-order chi connectivity index (χ1) is 6.62. The Morgan fingerprint density at radius 1 is 0.867 bits per heavy atom. The summed E-state index contributed by atoms with van der Waals surface area (Å²) in [5, 5.41) is 10.1. The van der Waals surface area contributed by atoms with Gasteiger partial charge in [0.05, 0.1) is 6.10 Å². The van der Waals surface area contributed by atoms with E-state index < -0.39 is 0 Å². The Balaban J connectivity index is 2.73. The van der Waals surface area contributed by atoms with Crippen molar-refractivity contribution in [3.05, 3.63) is 0 Å². The molecule has 1 N–H and O–H groups in total. The Morgan fingerprint density at radius 2 is 1.40 bits per heavy atom. The second-order valence-corrected chi connectivity index (χ2v) is 7.42. The summed E-state index contributed by atoms with van der Waals surface area (Å²) in [6.45, 7) is 13.8. The molecule has 1 aliphatic carbocycles. The number of rotatable bonds is 0. The normalized spacial score (nSPS) is 34.2. The van der Waals surface area contributed by atoms with Gasteiger partial charge in [0.2, 0.25) is 0 Å². The third-order valence-electron chi connectivity index (χ3n) is 4.15. The van der Waals surface area contributed by atoms with Crippen molar-refractivity contribution in [3.63, 3.8) is 0 Å². The lowest BCUT2D eigenvalue weighted by Crippen LogP contribution is -2.40. The second-order valence-electron chi connectivity index (χ2n) is 7.42. The van der Waals surface area contributed by atoms with Crippen molar-refractivity contribution in [2.75, 3.05) is 0 Å². The van der Waals surface area contributed by atoms with Crippen LogP contribution in [0.15, 0.2) is 0 Å². The molecule has 15 heavy (non-hydrogen) atoms. The van der Waals surface area contributed by atoms with Crippen LogP contribution in [0.4, 0.5) is 0 Å². The Labute approximate surface area is 95.3 Å². The van der Waals surface area contributed by atoms with Crippen LogP contribution in [0.2, 0.25) is 0 Å². The van der Waals surface area contributed by atoms with Crippen LogP contribution in [-0.4, -0.2) is 11.2 Å². The van der Waals surface area contributed by atoms with Crippen LogP contribution in [0.1, 0.15) is 60.8 Å². The molecule has 3 atom stereocenters. The highest BCUT2D eigenvalue weighted by Gasteiger charge is 2.40. The summed E-state index contributed by atoms with van der Waals surface area (Å²) >= 11 is 0. The van der Waals surface area contributed by atoms with Crippen LogP contribution in [0, 0.1) is 22.7 Å². The lowest BCUT2D eigenvalue weighted by Gasteiger charge is -2.45. The molecule has 1 saturated carbocycles. The predicted octanol–water partition coefficient (Wildman–Crippen LogP) is 3.86. The van der Waals surface area contributed by atoms with Gasteiger partial charge in [-0.1, -0.05) is 41.5 Å². The zero-order chi connectivity index (χ0) is 11.9. The minimum atomic E-state index is -0.0800. The highest BCUT2D eigenvalue weighted by molar-refractivity contribution is 4.90. The van der Waals surface area contributed by atoms with E-state index in [1.807, 2.05) is 0 Å². The van der Waals surface area contributed by atoms with Crippen molar-refractivity contribution in [1.29, 1.82) is 0 Å². The highest BCUT2D eigenvalue weighted by atomic mass is 16.3. The Morgan fingerprint density at radius 3 is 1.80 bits per heavy atom. The topological polar surface area (TPSA) is 20.2 Å². The molecular formula is C14H28O. The molecule has 90 valence electrons. The van der Waals surface area contributed by atoms with Crippen molar-refractivity contribution in [2.24, 2.45) is 22.7 Å². The molecule has 0 aromatic rings. The summed E-state index contributed by atoms with van der Waals surface area (Å²) in [6.07, 6.45) is 3.29. The average Bonchev–Trinajstić information content (AvgIpc) is 2.00. The van der Waals surface area contributed by atoms with E-state index in [1.54, 1.807) is 0 Å². The van der Waals surface area contributed by atoms with Crippen molar-refractivity contribution >= 4 is 0 Å². The quantitative estimate of drug-likeness (QED) is 0.646. The third-order valence-corrected chi connectivity index (χ3v) is 4.15. The van der Waals surface area contributed by atoms with Crippen LogP contribution in [0.3, 0.4) is 0 Å². The van der Waals surface area contributed by atoms with Crippen LogP contribution >= 0.6 is 0 Å². The van der Waals surface area contributed by atoms with Crippen LogP contribution in [-0.2, 0) is 0 Å². The summed E-state index contributed by atoms with van der Waals surface area (Å²) in [7, 11) is 0. The molecule has 0 aromatic heterocycles. The van der Waals surface area contributed by atoms with Gasteiger partial charge in [0.25, 0.3) is 0 Å². The largest absolute Gasteiger partial charge is 0.393 e. The fraction of sp³-hybridized carbons (Fsp3) is 1.00. The van der Waals surface area contributed by atoms with Gasteiger partial charge >= 0.3 is 0 Å². The van der Waals surface area contributed by atoms with E-state index in [1.165, 1.54) is 12.8 Å². The van der Waals surface area contributed by atoms with Gasteiger partial charge in [0, 0.05) is 0 Å². The van der Waals surface area contributed by atoms with Gasteiger partial charge in [-0.15, -0.1) is 0 Å². The molecular weight excluding hydrogens is 184 g/mol. The smallest absolute Gasteiger partial charge is 0.0573 e. The van der Waals surface area contributed by atoms with Crippen molar-refractivity contribution in [3.8, 4) is 0 Å². The van der Waals surface area contributed by atoms with Gasteiger partial charge in [-0.3, -0.25) is 0 Å². The van der Waals surface area contributed by atoms with Crippen LogP contribution < -0.4 is 0 Å². The minimum Gasteiger partial charge on any atom is -0.393 e. The molecule has 0 radical (unpaired) electrons. The average molecular weight is 212 g/mol. The van der Waals surface area contributed by atoms with Gasteiger partial charge in [0.1, 0.15) is 0 Å². The molecule has 3 unspecified atom stereocenters. The van der Waals surface area contributed by atoms with Gasteiger partial charge < -0.3 is 5.11 Å². The first-order valence-electron chi connectivity index (χ1n) is 6.30. The third kappa shape index (κ3) is 3.21. The maximum Gasteiger partial charge on any atom is 0.0573 e. The van der Waals surface area contributed by atoms with E-state index in [0.717, 1.165) is 12.3 Å². The molecule has 1 fully saturated rings. The Hall–Kier alpha value is -0.0400. The van der Waals surface area contributed by atoms with E-state index >= 15 is 0 Å². The molecule has 1 aliphatic rings. The van der Waals surface area contributed by atoms with Gasteiger partial charge in [-0.05, 0) is 41.9 Å². The SMILES string of the molecule is CC(C)(C)C1CCC(O)C(C(C)(C)C)C1. The standard InChI is InChI=1S/C14H28O/c1-13(2,3)10-7-8-12(15)11(9-10)14(4,5)6/h10-12,15H,7-9H2,1-6H3. The van der Waals surface area contributed by atoms with Crippen LogP contribution in [0.5, 0.6) is 0 Å². The second kappa shape index (κ2) is 4.08. The maximum atomic E-state index is 10.1. The maximum absolute atomic E-state index is 10.1. The predicted molar refractivity (Wildman–Crippen MR) is 65.7 cm³/mol. The summed E-state index contributed by atoms with van der Waals surface area (Å²) in [6, 6.07) is 0. The van der Waals surface area contributed by atoms with E-state index in [0.29, 0.717) is 11.3 Å². The zero-order valence-corrected chi connectivity index (χ0v) is 11.3. The summed E-state index contributed by atoms with van der Waals surface area (Å²) in [5.74, 6) is 1.24. The summed E-state index contributed by atoms with van der Waals surface area (Å²) in [5.41, 5.74) is 0.632. The van der Waals surface area contributed by atoms with Gasteiger partial charge in [-0.2, -0.15) is 0 Å². The summed E-state index contributed by atoms with van der Waals surface area (Å²) < 4.78 is 0. The molecule has 0 saturated heterocycles. The molecule has 0 bridgehead atoms. The minimum absolute atomic E-state index is 0.0800. The molecule has 0 aliphatic heterocycles. The molecule has 1 rings (SSSR count). The van der Waals surface area contributed by atoms with Crippen molar-refractivity contribution in [1.82, 2.24) is 0 Å². The highest BCUT2D eigenvalue weighted by Crippen LogP contribution is 2.46. The monoisotopic (exact) mass is 212 g/mol.